The van der Waals surface area contributed by atoms with Gasteiger partial charge in [0.05, 0.1) is 0 Å². The molecule has 0 amide bonds. The van der Waals surface area contributed by atoms with Crippen LogP contribution in [0.5, 0.6) is 0 Å². The maximum Gasteiger partial charge on any atom is 0.130 e. The second-order valence-electron chi connectivity index (χ2n) is 5.37. The molecule has 3 rings (SSSR count). The summed E-state index contributed by atoms with van der Waals surface area (Å²) in [5, 5.41) is 3.47. The number of rotatable bonds is 2. The summed E-state index contributed by atoms with van der Waals surface area (Å²) in [5.74, 6) is -0.0428. The second-order valence-corrected chi connectivity index (χ2v) is 5.37. The molecule has 1 atom stereocenters. The molecule has 1 N–H and O–H groups in total. The summed E-state index contributed by atoms with van der Waals surface area (Å²) in [5.41, 5.74) is 2.02. The SMILES string of the molecule is Fc1cccc(N2CCCC2)c1C1CCCCN1. The van der Waals surface area contributed by atoms with Crippen LogP contribution in [0.1, 0.15) is 43.7 Å². The Balaban J connectivity index is 1.94. The van der Waals surface area contributed by atoms with Crippen LogP contribution in [-0.2, 0) is 0 Å². The molecule has 0 bridgehead atoms. The highest BCUT2D eigenvalue weighted by Gasteiger charge is 2.25. The normalized spacial score (nSPS) is 24.5. The van der Waals surface area contributed by atoms with Gasteiger partial charge in [-0.3, -0.25) is 0 Å². The minimum atomic E-state index is -0.0428. The van der Waals surface area contributed by atoms with Crippen LogP contribution >= 0.6 is 0 Å². The number of nitrogens with zero attached hydrogens (tertiary/aromatic N) is 1. The molecular weight excluding hydrogens is 227 g/mol. The van der Waals surface area contributed by atoms with Crippen molar-refractivity contribution in [2.75, 3.05) is 24.5 Å². The van der Waals surface area contributed by atoms with E-state index in [4.69, 9.17) is 0 Å². The van der Waals surface area contributed by atoms with Gasteiger partial charge >= 0.3 is 0 Å². The summed E-state index contributed by atoms with van der Waals surface area (Å²) < 4.78 is 14.2. The van der Waals surface area contributed by atoms with E-state index in [0.717, 1.165) is 37.3 Å². The Hall–Kier alpha value is -1.09. The lowest BCUT2D eigenvalue weighted by atomic mass is 9.95. The molecule has 2 nitrogen and oxygen atoms in total. The molecule has 2 aliphatic heterocycles. The van der Waals surface area contributed by atoms with Gasteiger partial charge < -0.3 is 10.2 Å². The molecule has 2 saturated heterocycles. The van der Waals surface area contributed by atoms with Crippen molar-refractivity contribution in [3.63, 3.8) is 0 Å². The lowest BCUT2D eigenvalue weighted by molar-refractivity contribution is 0.400. The van der Waals surface area contributed by atoms with E-state index in [1.807, 2.05) is 6.07 Å². The quantitative estimate of drug-likeness (QED) is 0.864. The molecule has 1 aromatic rings. The predicted molar refractivity (Wildman–Crippen MR) is 72.4 cm³/mol. The van der Waals surface area contributed by atoms with E-state index in [-0.39, 0.29) is 11.9 Å². The van der Waals surface area contributed by atoms with Crippen LogP contribution in [0, 0.1) is 5.82 Å². The fourth-order valence-corrected chi connectivity index (χ4v) is 3.20. The molecule has 98 valence electrons. The Morgan fingerprint density at radius 2 is 1.94 bits per heavy atom. The predicted octanol–water partition coefficient (Wildman–Crippen LogP) is 3.24. The average Bonchev–Trinajstić information content (AvgIpc) is 2.93. The van der Waals surface area contributed by atoms with E-state index in [1.54, 1.807) is 6.07 Å². The minimum Gasteiger partial charge on any atom is -0.371 e. The number of anilines is 1. The van der Waals surface area contributed by atoms with E-state index >= 15 is 0 Å². The van der Waals surface area contributed by atoms with Gasteiger partial charge in [0.2, 0.25) is 0 Å². The van der Waals surface area contributed by atoms with Gasteiger partial charge in [-0.25, -0.2) is 4.39 Å². The highest BCUT2D eigenvalue weighted by molar-refractivity contribution is 5.56. The van der Waals surface area contributed by atoms with Crippen molar-refractivity contribution >= 4 is 5.69 Å². The van der Waals surface area contributed by atoms with Crippen molar-refractivity contribution in [1.29, 1.82) is 0 Å². The third kappa shape index (κ3) is 2.24. The Bertz CT molecular complexity index is 407. The van der Waals surface area contributed by atoms with E-state index < -0.39 is 0 Å². The minimum absolute atomic E-state index is 0.0428. The van der Waals surface area contributed by atoms with E-state index in [1.165, 1.54) is 25.7 Å². The van der Waals surface area contributed by atoms with Gasteiger partial charge in [0, 0.05) is 30.4 Å². The molecule has 0 aliphatic carbocycles. The second kappa shape index (κ2) is 5.27. The number of piperidine rings is 1. The van der Waals surface area contributed by atoms with Crippen molar-refractivity contribution in [3.05, 3.63) is 29.6 Å². The molecule has 0 radical (unpaired) electrons. The zero-order valence-electron chi connectivity index (χ0n) is 10.8. The van der Waals surface area contributed by atoms with Crippen molar-refractivity contribution in [1.82, 2.24) is 5.32 Å². The van der Waals surface area contributed by atoms with Crippen molar-refractivity contribution in [2.45, 2.75) is 38.1 Å². The lowest BCUT2D eigenvalue weighted by Crippen LogP contribution is -2.30. The van der Waals surface area contributed by atoms with Crippen LogP contribution in [0.3, 0.4) is 0 Å². The van der Waals surface area contributed by atoms with Gasteiger partial charge in [-0.1, -0.05) is 12.5 Å². The summed E-state index contributed by atoms with van der Waals surface area (Å²) in [6.07, 6.45) is 5.93. The van der Waals surface area contributed by atoms with Gasteiger partial charge in [-0.05, 0) is 44.4 Å². The lowest BCUT2D eigenvalue weighted by Gasteiger charge is -2.29. The van der Waals surface area contributed by atoms with Crippen LogP contribution in [-0.4, -0.2) is 19.6 Å². The van der Waals surface area contributed by atoms with Gasteiger partial charge in [-0.15, -0.1) is 0 Å². The Labute approximate surface area is 108 Å². The van der Waals surface area contributed by atoms with Gasteiger partial charge in [0.1, 0.15) is 5.82 Å². The highest BCUT2D eigenvalue weighted by atomic mass is 19.1. The molecule has 1 aromatic carbocycles. The van der Waals surface area contributed by atoms with Crippen LogP contribution in [0.25, 0.3) is 0 Å². The molecule has 3 heteroatoms. The highest BCUT2D eigenvalue weighted by Crippen LogP contribution is 2.34. The molecular formula is C15H21FN2. The van der Waals surface area contributed by atoms with Crippen LogP contribution in [0.15, 0.2) is 18.2 Å². The van der Waals surface area contributed by atoms with E-state index in [9.17, 15) is 4.39 Å². The first-order chi connectivity index (χ1) is 8.86. The first kappa shape index (κ1) is 12.0. The number of hydrogen-bond acceptors (Lipinski definition) is 2. The third-order valence-corrected chi connectivity index (χ3v) is 4.14. The molecule has 2 heterocycles. The number of benzene rings is 1. The van der Waals surface area contributed by atoms with E-state index in [2.05, 4.69) is 16.3 Å². The maximum absolute atomic E-state index is 14.2. The van der Waals surface area contributed by atoms with Gasteiger partial charge in [0.15, 0.2) is 0 Å². The topological polar surface area (TPSA) is 15.3 Å². The third-order valence-electron chi connectivity index (χ3n) is 4.14. The van der Waals surface area contributed by atoms with Gasteiger partial charge in [-0.2, -0.15) is 0 Å². The summed E-state index contributed by atoms with van der Waals surface area (Å²) >= 11 is 0. The maximum atomic E-state index is 14.2. The molecule has 1 unspecified atom stereocenters. The molecule has 0 aromatic heterocycles. The molecule has 0 saturated carbocycles. The molecule has 2 aliphatic rings. The first-order valence-electron chi connectivity index (χ1n) is 7.13. The summed E-state index contributed by atoms with van der Waals surface area (Å²) in [7, 11) is 0. The monoisotopic (exact) mass is 248 g/mol. The molecule has 18 heavy (non-hydrogen) atoms. The number of nitrogens with one attached hydrogen (secondary N) is 1. The number of halogens is 1. The van der Waals surface area contributed by atoms with Crippen molar-refractivity contribution in [2.24, 2.45) is 0 Å². The summed E-state index contributed by atoms with van der Waals surface area (Å²) in [6, 6.07) is 5.73. The smallest absolute Gasteiger partial charge is 0.130 e. The number of hydrogen-bond donors (Lipinski definition) is 1. The standard InChI is InChI=1S/C15H21FN2/c16-12-6-5-8-14(18-10-3-4-11-18)15(12)13-7-1-2-9-17-13/h5-6,8,13,17H,1-4,7,9-11H2. The summed E-state index contributed by atoms with van der Waals surface area (Å²) in [4.78, 5) is 2.34. The average molecular weight is 248 g/mol. The van der Waals surface area contributed by atoms with Crippen LogP contribution < -0.4 is 10.2 Å². The fraction of sp³-hybridized carbons (Fsp3) is 0.600. The van der Waals surface area contributed by atoms with E-state index in [0.29, 0.717) is 0 Å². The van der Waals surface area contributed by atoms with Crippen molar-refractivity contribution in [3.8, 4) is 0 Å². The van der Waals surface area contributed by atoms with Crippen LogP contribution in [0.4, 0.5) is 10.1 Å². The Morgan fingerprint density at radius 1 is 1.11 bits per heavy atom. The van der Waals surface area contributed by atoms with Crippen LogP contribution in [0.2, 0.25) is 0 Å². The molecule has 2 fully saturated rings. The zero-order chi connectivity index (χ0) is 12.4. The largest absolute Gasteiger partial charge is 0.371 e. The Morgan fingerprint density at radius 3 is 2.67 bits per heavy atom. The first-order valence-corrected chi connectivity index (χ1v) is 7.13. The fourth-order valence-electron chi connectivity index (χ4n) is 3.20. The Kier molecular flexibility index (Phi) is 3.50. The molecule has 0 spiro atoms. The zero-order valence-corrected chi connectivity index (χ0v) is 10.8. The van der Waals surface area contributed by atoms with Gasteiger partial charge in [0.25, 0.3) is 0 Å². The van der Waals surface area contributed by atoms with Crippen molar-refractivity contribution < 1.29 is 4.39 Å². The summed E-state index contributed by atoms with van der Waals surface area (Å²) in [6.45, 7) is 3.16.